The standard InChI is InChI=1S/C15H15ClFN5.C4H5NO2/c1-7(2)22-8(3)20-14-11(17)4-9(5-12(14)22)13-10(16)6-19-15(18)21-13;6-3-1-2-4(7)5-3/h4-7H,1-3H3,(H2,18,19,21);1-2H2,(H,5,6,7). The summed E-state index contributed by atoms with van der Waals surface area (Å²) < 4.78 is 16.4. The molecule has 10 heteroatoms. The van der Waals surface area contributed by atoms with Crippen LogP contribution < -0.4 is 11.1 Å². The average molecular weight is 419 g/mol. The second-order valence-electron chi connectivity index (χ2n) is 6.84. The maximum atomic E-state index is 14.4. The zero-order valence-electron chi connectivity index (χ0n) is 16.2. The van der Waals surface area contributed by atoms with Crippen molar-refractivity contribution in [3.8, 4) is 11.3 Å². The van der Waals surface area contributed by atoms with Crippen molar-refractivity contribution in [1.82, 2.24) is 24.8 Å². The zero-order chi connectivity index (χ0) is 21.3. The fourth-order valence-corrected chi connectivity index (χ4v) is 3.35. The molecule has 3 heterocycles. The molecule has 0 radical (unpaired) electrons. The summed E-state index contributed by atoms with van der Waals surface area (Å²) in [6.45, 7) is 5.90. The zero-order valence-corrected chi connectivity index (χ0v) is 16.9. The van der Waals surface area contributed by atoms with Gasteiger partial charge in [-0.05, 0) is 32.9 Å². The summed E-state index contributed by atoms with van der Waals surface area (Å²) in [5, 5.41) is 2.46. The number of hydrogen-bond donors (Lipinski definition) is 2. The number of hydrogen-bond acceptors (Lipinski definition) is 6. The van der Waals surface area contributed by atoms with Gasteiger partial charge in [-0.1, -0.05) is 11.6 Å². The molecule has 0 aliphatic carbocycles. The molecular formula is C19H20ClFN6O2. The van der Waals surface area contributed by atoms with E-state index in [1.807, 2.05) is 31.4 Å². The summed E-state index contributed by atoms with van der Waals surface area (Å²) in [6, 6.07) is 3.35. The molecule has 0 saturated carbocycles. The van der Waals surface area contributed by atoms with E-state index in [1.165, 1.54) is 12.3 Å². The van der Waals surface area contributed by atoms with Crippen LogP contribution in [0.25, 0.3) is 22.3 Å². The summed E-state index contributed by atoms with van der Waals surface area (Å²) in [4.78, 5) is 32.5. The summed E-state index contributed by atoms with van der Waals surface area (Å²) in [5.74, 6) is 0.140. The molecule has 1 aromatic carbocycles. The molecule has 0 bridgehead atoms. The fraction of sp³-hybridized carbons (Fsp3) is 0.316. The highest BCUT2D eigenvalue weighted by molar-refractivity contribution is 6.33. The van der Waals surface area contributed by atoms with Gasteiger partial charge >= 0.3 is 0 Å². The third-order valence-electron chi connectivity index (χ3n) is 4.34. The van der Waals surface area contributed by atoms with E-state index in [2.05, 4.69) is 20.3 Å². The highest BCUT2D eigenvalue weighted by atomic mass is 35.5. The van der Waals surface area contributed by atoms with E-state index < -0.39 is 5.82 Å². The predicted octanol–water partition coefficient (Wildman–Crippen LogP) is 3.18. The van der Waals surface area contributed by atoms with Gasteiger partial charge in [-0.3, -0.25) is 14.9 Å². The third kappa shape index (κ3) is 4.34. The number of aryl methyl sites for hydroxylation is 1. The normalized spacial score (nSPS) is 13.6. The van der Waals surface area contributed by atoms with Crippen LogP contribution in [0.5, 0.6) is 0 Å². The monoisotopic (exact) mass is 418 g/mol. The Balaban J connectivity index is 0.000000290. The number of nitrogens with zero attached hydrogens (tertiary/aromatic N) is 4. The lowest BCUT2D eigenvalue weighted by Gasteiger charge is -2.12. The summed E-state index contributed by atoms with van der Waals surface area (Å²) in [7, 11) is 0. The van der Waals surface area contributed by atoms with Gasteiger partial charge in [0.15, 0.2) is 5.82 Å². The molecule has 4 rings (SSSR count). The van der Waals surface area contributed by atoms with Crippen LogP contribution in [0.2, 0.25) is 5.02 Å². The van der Waals surface area contributed by atoms with E-state index >= 15 is 0 Å². The van der Waals surface area contributed by atoms with Gasteiger partial charge in [0, 0.05) is 24.4 Å². The van der Waals surface area contributed by atoms with Crippen LogP contribution in [0.4, 0.5) is 10.3 Å². The second kappa shape index (κ2) is 8.12. The maximum Gasteiger partial charge on any atom is 0.227 e. The minimum Gasteiger partial charge on any atom is -0.368 e. The van der Waals surface area contributed by atoms with Crippen LogP contribution in [0, 0.1) is 12.7 Å². The van der Waals surface area contributed by atoms with Crippen LogP contribution >= 0.6 is 11.6 Å². The van der Waals surface area contributed by atoms with E-state index in [-0.39, 0.29) is 23.8 Å². The Morgan fingerprint density at radius 1 is 1.21 bits per heavy atom. The SMILES string of the molecule is Cc1nc2c(F)cc(-c3nc(N)ncc3Cl)cc2n1C(C)C.O=C1CCC(=O)N1. The quantitative estimate of drug-likeness (QED) is 0.617. The molecule has 29 heavy (non-hydrogen) atoms. The van der Waals surface area contributed by atoms with Gasteiger partial charge < -0.3 is 10.3 Å². The van der Waals surface area contributed by atoms with Crippen LogP contribution in [0.15, 0.2) is 18.3 Å². The lowest BCUT2D eigenvalue weighted by atomic mass is 10.1. The van der Waals surface area contributed by atoms with Crippen molar-refractivity contribution in [3.63, 3.8) is 0 Å². The Labute approximate surface area is 171 Å². The molecule has 1 saturated heterocycles. The lowest BCUT2D eigenvalue weighted by Crippen LogP contribution is -2.18. The number of anilines is 1. The molecule has 1 fully saturated rings. The molecule has 3 aromatic rings. The van der Waals surface area contributed by atoms with Crippen LogP contribution in [0.1, 0.15) is 38.6 Å². The molecule has 1 aliphatic rings. The highest BCUT2D eigenvalue weighted by Gasteiger charge is 2.17. The molecule has 8 nitrogen and oxygen atoms in total. The minimum atomic E-state index is -0.414. The Bertz CT molecular complexity index is 1100. The van der Waals surface area contributed by atoms with E-state index in [0.717, 1.165) is 5.82 Å². The number of carbonyl (C=O) groups is 2. The van der Waals surface area contributed by atoms with Crippen LogP contribution in [-0.4, -0.2) is 31.3 Å². The molecule has 152 valence electrons. The van der Waals surface area contributed by atoms with E-state index in [0.29, 0.717) is 40.2 Å². The number of imide groups is 1. The van der Waals surface area contributed by atoms with Crippen molar-refractivity contribution in [2.24, 2.45) is 0 Å². The molecule has 2 amide bonds. The van der Waals surface area contributed by atoms with Gasteiger partial charge in [0.1, 0.15) is 11.3 Å². The van der Waals surface area contributed by atoms with Gasteiger partial charge in [-0.2, -0.15) is 0 Å². The number of benzene rings is 1. The van der Waals surface area contributed by atoms with Crippen molar-refractivity contribution in [2.45, 2.75) is 39.7 Å². The van der Waals surface area contributed by atoms with E-state index in [9.17, 15) is 14.0 Å². The first-order valence-electron chi connectivity index (χ1n) is 8.96. The maximum absolute atomic E-state index is 14.4. The van der Waals surface area contributed by atoms with Crippen molar-refractivity contribution >= 4 is 40.4 Å². The van der Waals surface area contributed by atoms with E-state index in [1.54, 1.807) is 0 Å². The Morgan fingerprint density at radius 2 is 1.86 bits per heavy atom. The number of amides is 2. The van der Waals surface area contributed by atoms with Crippen molar-refractivity contribution in [2.75, 3.05) is 5.73 Å². The Hall–Kier alpha value is -3.07. The number of imidazole rings is 1. The number of nitrogens with one attached hydrogen (secondary N) is 1. The first kappa shape index (κ1) is 20.7. The second-order valence-corrected chi connectivity index (χ2v) is 7.25. The number of halogens is 2. The number of nitrogen functional groups attached to an aromatic ring is 1. The fourth-order valence-electron chi connectivity index (χ4n) is 3.15. The largest absolute Gasteiger partial charge is 0.368 e. The molecule has 0 atom stereocenters. The first-order valence-corrected chi connectivity index (χ1v) is 9.34. The van der Waals surface area contributed by atoms with Crippen molar-refractivity contribution < 1.29 is 14.0 Å². The topological polar surface area (TPSA) is 116 Å². The van der Waals surface area contributed by atoms with Gasteiger partial charge in [-0.15, -0.1) is 0 Å². The third-order valence-corrected chi connectivity index (χ3v) is 4.61. The van der Waals surface area contributed by atoms with E-state index in [4.69, 9.17) is 17.3 Å². The number of rotatable bonds is 2. The smallest absolute Gasteiger partial charge is 0.227 e. The number of fused-ring (bicyclic) bond motifs is 1. The molecule has 0 spiro atoms. The lowest BCUT2D eigenvalue weighted by molar-refractivity contribution is -0.124. The molecular weight excluding hydrogens is 399 g/mol. The van der Waals surface area contributed by atoms with Gasteiger partial charge in [0.05, 0.1) is 22.4 Å². The summed E-state index contributed by atoms with van der Waals surface area (Å²) >= 11 is 6.12. The Kier molecular flexibility index (Phi) is 5.78. The minimum absolute atomic E-state index is 0.0912. The predicted molar refractivity (Wildman–Crippen MR) is 108 cm³/mol. The van der Waals surface area contributed by atoms with Crippen molar-refractivity contribution in [3.05, 3.63) is 35.0 Å². The summed E-state index contributed by atoms with van der Waals surface area (Å²) in [6.07, 6.45) is 2.16. The number of nitrogens with two attached hydrogens (primary N) is 1. The molecule has 3 N–H and O–H groups in total. The Morgan fingerprint density at radius 3 is 2.41 bits per heavy atom. The summed E-state index contributed by atoms with van der Waals surface area (Å²) in [5.41, 5.74) is 7.60. The highest BCUT2D eigenvalue weighted by Crippen LogP contribution is 2.31. The van der Waals surface area contributed by atoms with Crippen LogP contribution in [-0.2, 0) is 9.59 Å². The van der Waals surface area contributed by atoms with Gasteiger partial charge in [0.2, 0.25) is 17.8 Å². The van der Waals surface area contributed by atoms with Crippen LogP contribution in [0.3, 0.4) is 0 Å². The molecule has 0 unspecified atom stereocenters. The molecule has 1 aliphatic heterocycles. The number of carbonyl (C=O) groups excluding carboxylic acids is 2. The first-order chi connectivity index (χ1) is 13.7. The average Bonchev–Trinajstić information content (AvgIpc) is 3.19. The van der Waals surface area contributed by atoms with Gasteiger partial charge in [-0.25, -0.2) is 19.3 Å². The van der Waals surface area contributed by atoms with Crippen molar-refractivity contribution in [1.29, 1.82) is 0 Å². The molecule has 2 aromatic heterocycles. The van der Waals surface area contributed by atoms with Gasteiger partial charge in [0.25, 0.3) is 0 Å². The number of aromatic nitrogens is 4.